The molecule has 164 valence electrons. The highest BCUT2D eigenvalue weighted by Gasteiger charge is 2.35. The van der Waals surface area contributed by atoms with Crippen LogP contribution in [0.4, 0.5) is 8.78 Å². The lowest BCUT2D eigenvalue weighted by molar-refractivity contribution is -0.0384. The first-order chi connectivity index (χ1) is 14.8. The molecule has 0 fully saturated rings. The maximum absolute atomic E-state index is 14.0. The second kappa shape index (κ2) is 8.16. The van der Waals surface area contributed by atoms with Crippen LogP contribution in [0.15, 0.2) is 43.2 Å². The molecule has 0 aromatic carbocycles. The van der Waals surface area contributed by atoms with Crippen molar-refractivity contribution in [2.45, 2.75) is 44.9 Å². The molecule has 0 saturated carbocycles. The first kappa shape index (κ1) is 21.1. The lowest BCUT2D eigenvalue weighted by atomic mass is 10.1. The van der Waals surface area contributed by atoms with Crippen molar-refractivity contribution in [1.82, 2.24) is 34.2 Å². The molecule has 4 aromatic heterocycles. The highest BCUT2D eigenvalue weighted by molar-refractivity contribution is 5.78. The second-order valence-corrected chi connectivity index (χ2v) is 7.51. The summed E-state index contributed by atoms with van der Waals surface area (Å²) in [5.74, 6) is -2.91. The molecule has 2 atom stereocenters. The third-order valence-corrected chi connectivity index (χ3v) is 5.09. The van der Waals surface area contributed by atoms with E-state index < -0.39 is 18.1 Å². The zero-order valence-electron chi connectivity index (χ0n) is 17.1. The summed E-state index contributed by atoms with van der Waals surface area (Å²) in [6.45, 7) is 2.37. The van der Waals surface area contributed by atoms with Gasteiger partial charge in [-0.05, 0) is 12.5 Å². The number of aromatic nitrogens is 7. The van der Waals surface area contributed by atoms with Crippen LogP contribution >= 0.6 is 0 Å². The van der Waals surface area contributed by atoms with Crippen LogP contribution in [0, 0.1) is 0 Å². The van der Waals surface area contributed by atoms with E-state index in [9.17, 15) is 13.9 Å². The summed E-state index contributed by atoms with van der Waals surface area (Å²) in [6, 6.07) is 0.734. The number of aliphatic hydroxyl groups is 2. The van der Waals surface area contributed by atoms with E-state index in [0.29, 0.717) is 28.0 Å². The van der Waals surface area contributed by atoms with Crippen LogP contribution in [-0.2, 0) is 6.54 Å². The molecule has 0 aliphatic carbocycles. The fraction of sp³-hybridized carbons (Fsp3) is 0.400. The summed E-state index contributed by atoms with van der Waals surface area (Å²) in [5, 5.41) is 31.3. The van der Waals surface area contributed by atoms with Gasteiger partial charge in [0.05, 0.1) is 60.9 Å². The van der Waals surface area contributed by atoms with Crippen molar-refractivity contribution >= 4 is 5.52 Å². The van der Waals surface area contributed by atoms with Crippen molar-refractivity contribution in [1.29, 1.82) is 0 Å². The molecule has 2 N–H and O–H groups in total. The average molecular weight is 431 g/mol. The number of hydrogen-bond acceptors (Lipinski definition) is 6. The molecule has 0 saturated heterocycles. The number of halogens is 2. The zero-order valence-corrected chi connectivity index (χ0v) is 17.1. The molecular formula is C20H23F2N7O2. The smallest absolute Gasteiger partial charge is 0.267 e. The lowest BCUT2D eigenvalue weighted by Crippen LogP contribution is -2.27. The Balaban J connectivity index is 1.74. The molecular weight excluding hydrogens is 408 g/mol. The van der Waals surface area contributed by atoms with Gasteiger partial charge in [-0.2, -0.15) is 15.3 Å². The summed E-state index contributed by atoms with van der Waals surface area (Å²) in [5.41, 5.74) is 3.11. The van der Waals surface area contributed by atoms with Crippen molar-refractivity contribution in [3.63, 3.8) is 0 Å². The molecule has 0 bridgehead atoms. The van der Waals surface area contributed by atoms with Crippen LogP contribution in [0.3, 0.4) is 0 Å². The summed E-state index contributed by atoms with van der Waals surface area (Å²) < 4.78 is 32.4. The van der Waals surface area contributed by atoms with Crippen LogP contribution in [-0.4, -0.2) is 63.0 Å². The predicted molar refractivity (Wildman–Crippen MR) is 108 cm³/mol. The van der Waals surface area contributed by atoms with Gasteiger partial charge < -0.3 is 10.2 Å². The average Bonchev–Trinajstić information content (AvgIpc) is 3.47. The molecule has 9 nitrogen and oxygen atoms in total. The van der Waals surface area contributed by atoms with Crippen LogP contribution in [0.1, 0.15) is 26.3 Å². The topological polar surface area (TPSA) is 106 Å². The van der Waals surface area contributed by atoms with Crippen molar-refractivity contribution in [3.05, 3.63) is 43.2 Å². The summed E-state index contributed by atoms with van der Waals surface area (Å²) in [7, 11) is 0. The predicted octanol–water partition coefficient (Wildman–Crippen LogP) is 2.42. The standard InChI is InChI=1S/C20H23F2N7O2/c1-3-18(20(2,21)22)29-9-14(7-25-29)19-17-4-5-23-28(17)11-16(26-19)13-6-24-27(8-13)10-15(31)12-30/h4-9,11,15,18,30-31H,3,10,12H2,1-2H3/t15?,18-/m0/s1. The van der Waals surface area contributed by atoms with Gasteiger partial charge in [-0.3, -0.25) is 9.36 Å². The molecule has 31 heavy (non-hydrogen) atoms. The van der Waals surface area contributed by atoms with Gasteiger partial charge in [0, 0.05) is 30.4 Å². The van der Waals surface area contributed by atoms with E-state index in [4.69, 9.17) is 10.1 Å². The van der Waals surface area contributed by atoms with E-state index in [-0.39, 0.29) is 19.6 Å². The number of fused-ring (bicyclic) bond motifs is 1. The minimum absolute atomic E-state index is 0.143. The van der Waals surface area contributed by atoms with Gasteiger partial charge >= 0.3 is 0 Å². The summed E-state index contributed by atoms with van der Waals surface area (Å²) >= 11 is 0. The third-order valence-electron chi connectivity index (χ3n) is 5.09. The van der Waals surface area contributed by atoms with Gasteiger partial charge in [0.2, 0.25) is 0 Å². The molecule has 1 unspecified atom stereocenters. The Morgan fingerprint density at radius 1 is 1.10 bits per heavy atom. The minimum atomic E-state index is -2.91. The number of aliphatic hydroxyl groups excluding tert-OH is 2. The van der Waals surface area contributed by atoms with Gasteiger partial charge in [-0.15, -0.1) is 0 Å². The largest absolute Gasteiger partial charge is 0.394 e. The number of alkyl halides is 2. The lowest BCUT2D eigenvalue weighted by Gasteiger charge is -2.22. The van der Waals surface area contributed by atoms with E-state index in [1.54, 1.807) is 48.5 Å². The first-order valence-corrected chi connectivity index (χ1v) is 9.88. The second-order valence-electron chi connectivity index (χ2n) is 7.51. The SMILES string of the molecule is CC[C@H](n1cc(-c2nc(-c3cnn(CC(O)CO)c3)cn3nccc23)cn1)C(C)(F)F. The van der Waals surface area contributed by atoms with Gasteiger partial charge in [0.25, 0.3) is 5.92 Å². The Kier molecular flexibility index (Phi) is 5.54. The summed E-state index contributed by atoms with van der Waals surface area (Å²) in [4.78, 5) is 4.72. The molecule has 4 rings (SSSR count). The van der Waals surface area contributed by atoms with Gasteiger partial charge in [-0.25, -0.2) is 18.3 Å². The number of nitrogens with zero attached hydrogens (tertiary/aromatic N) is 7. The van der Waals surface area contributed by atoms with Gasteiger partial charge in [0.15, 0.2) is 0 Å². The molecule has 4 heterocycles. The van der Waals surface area contributed by atoms with Crippen LogP contribution in [0.25, 0.3) is 28.0 Å². The van der Waals surface area contributed by atoms with Crippen molar-refractivity contribution in [2.24, 2.45) is 0 Å². The monoisotopic (exact) mass is 431 g/mol. The van der Waals surface area contributed by atoms with Gasteiger partial charge in [0.1, 0.15) is 6.04 Å². The molecule has 11 heteroatoms. The normalized spacial score (nSPS) is 14.3. The summed E-state index contributed by atoms with van der Waals surface area (Å²) in [6.07, 6.45) is 9.08. The highest BCUT2D eigenvalue weighted by Crippen LogP contribution is 2.33. The molecule has 0 aliphatic rings. The molecule has 0 aliphatic heterocycles. The van der Waals surface area contributed by atoms with Crippen LogP contribution < -0.4 is 0 Å². The highest BCUT2D eigenvalue weighted by atomic mass is 19.3. The Bertz CT molecular complexity index is 1180. The van der Waals surface area contributed by atoms with Crippen LogP contribution in [0.2, 0.25) is 0 Å². The number of hydrogen-bond donors (Lipinski definition) is 2. The van der Waals surface area contributed by atoms with E-state index in [2.05, 4.69) is 15.3 Å². The maximum atomic E-state index is 14.0. The molecule has 0 spiro atoms. The molecule has 0 radical (unpaired) electrons. The Hall–Kier alpha value is -3.18. The Morgan fingerprint density at radius 3 is 2.58 bits per heavy atom. The Labute approximate surface area is 176 Å². The van der Waals surface area contributed by atoms with Crippen molar-refractivity contribution in [2.75, 3.05) is 6.61 Å². The fourth-order valence-corrected chi connectivity index (χ4v) is 3.56. The van der Waals surface area contributed by atoms with E-state index in [1.165, 1.54) is 15.6 Å². The van der Waals surface area contributed by atoms with E-state index in [0.717, 1.165) is 6.92 Å². The third kappa shape index (κ3) is 4.19. The van der Waals surface area contributed by atoms with Crippen molar-refractivity contribution in [3.8, 4) is 22.5 Å². The fourth-order valence-electron chi connectivity index (χ4n) is 3.56. The van der Waals surface area contributed by atoms with Crippen LogP contribution in [0.5, 0.6) is 0 Å². The van der Waals surface area contributed by atoms with Crippen molar-refractivity contribution < 1.29 is 19.0 Å². The molecule has 0 amide bonds. The first-order valence-electron chi connectivity index (χ1n) is 9.88. The van der Waals surface area contributed by atoms with E-state index >= 15 is 0 Å². The van der Waals surface area contributed by atoms with Gasteiger partial charge in [-0.1, -0.05) is 6.92 Å². The minimum Gasteiger partial charge on any atom is -0.394 e. The quantitative estimate of drug-likeness (QED) is 0.444. The Morgan fingerprint density at radius 2 is 1.87 bits per heavy atom. The molecule has 4 aromatic rings. The number of rotatable bonds is 8. The zero-order chi connectivity index (χ0) is 22.2. The maximum Gasteiger partial charge on any atom is 0.267 e. The van der Waals surface area contributed by atoms with E-state index in [1.807, 2.05) is 0 Å².